The van der Waals surface area contributed by atoms with Crippen LogP contribution in [0.25, 0.3) is 6.08 Å². The quantitative estimate of drug-likeness (QED) is 0.412. The highest BCUT2D eigenvalue weighted by Gasteiger charge is 2.44. The summed E-state index contributed by atoms with van der Waals surface area (Å²) in [5, 5.41) is 21.1. The van der Waals surface area contributed by atoms with Gasteiger partial charge in [-0.25, -0.2) is 0 Å². The van der Waals surface area contributed by atoms with E-state index in [4.69, 9.17) is 9.47 Å². The van der Waals surface area contributed by atoms with Gasteiger partial charge in [-0.15, -0.1) is 0 Å². The minimum atomic E-state index is -4.73. The number of rotatable bonds is 1. The van der Waals surface area contributed by atoms with E-state index in [0.717, 1.165) is 11.3 Å². The molecule has 3 heterocycles. The van der Waals surface area contributed by atoms with Gasteiger partial charge in [0.2, 0.25) is 0 Å². The first-order chi connectivity index (χ1) is 13.6. The third-order valence-corrected chi connectivity index (χ3v) is 6.38. The van der Waals surface area contributed by atoms with E-state index in [2.05, 4.69) is 4.98 Å². The maximum Gasteiger partial charge on any atom is 0.413 e. The Kier molecular flexibility index (Phi) is 4.82. The van der Waals surface area contributed by atoms with Gasteiger partial charge in [0.25, 0.3) is 11.3 Å². The summed E-state index contributed by atoms with van der Waals surface area (Å²) >= 11 is 0.909. The van der Waals surface area contributed by atoms with Crippen LogP contribution in [-0.2, 0) is 9.47 Å². The van der Waals surface area contributed by atoms with E-state index < -0.39 is 40.1 Å². The van der Waals surface area contributed by atoms with Gasteiger partial charge in [-0.2, -0.15) is 18.2 Å². The molecule has 4 rings (SSSR count). The Labute approximate surface area is 167 Å². The molecule has 29 heavy (non-hydrogen) atoms. The largest absolute Gasteiger partial charge is 0.417 e. The van der Waals surface area contributed by atoms with Crippen molar-refractivity contribution in [3.63, 3.8) is 0 Å². The summed E-state index contributed by atoms with van der Waals surface area (Å²) in [6.07, 6.45) is -3.77. The Morgan fingerprint density at radius 2 is 2.10 bits per heavy atom. The van der Waals surface area contributed by atoms with Gasteiger partial charge in [0.1, 0.15) is 4.88 Å². The van der Waals surface area contributed by atoms with Crippen LogP contribution in [0.3, 0.4) is 0 Å². The van der Waals surface area contributed by atoms with Crippen LogP contribution < -0.4 is 10.5 Å². The lowest BCUT2D eigenvalue weighted by Gasteiger charge is -2.38. The summed E-state index contributed by atoms with van der Waals surface area (Å²) in [7, 11) is 0. The lowest BCUT2D eigenvalue weighted by molar-refractivity contribution is -0.726. The zero-order valence-corrected chi connectivity index (χ0v) is 16.2. The fourth-order valence-electron chi connectivity index (χ4n) is 3.72. The minimum Gasteiger partial charge on any atom is -0.417 e. The summed E-state index contributed by atoms with van der Waals surface area (Å²) in [6.45, 7) is 3.36. The highest BCUT2D eigenvalue weighted by atomic mass is 32.1. The van der Waals surface area contributed by atoms with Gasteiger partial charge in [-0.1, -0.05) is 11.3 Å². The molecule has 1 N–H and O–H groups in total. The number of ether oxygens (including phenoxy) is 2. The first kappa shape index (κ1) is 20.1. The molecule has 0 amide bonds. The lowest BCUT2D eigenvalue weighted by atomic mass is 9.97. The average molecular weight is 433 g/mol. The molecule has 0 bridgehead atoms. The molecule has 158 valence electrons. The number of halogens is 3. The summed E-state index contributed by atoms with van der Waals surface area (Å²) < 4.78 is 50.9. The maximum absolute atomic E-state index is 13.1. The number of nitrogens with zero attached hydrogens (tertiary/aromatic N) is 3. The molecule has 1 spiro atoms. The second-order valence-corrected chi connectivity index (χ2v) is 8.22. The molecule has 12 heteroatoms. The monoisotopic (exact) mass is 433 g/mol. The Hall–Kier alpha value is -2.18. The van der Waals surface area contributed by atoms with Gasteiger partial charge >= 0.3 is 6.18 Å². The number of anilines is 1. The molecule has 2 saturated heterocycles. The van der Waals surface area contributed by atoms with Gasteiger partial charge < -0.3 is 19.6 Å². The number of alkyl halides is 3. The predicted molar refractivity (Wildman–Crippen MR) is 97.2 cm³/mol. The Bertz CT molecular complexity index is 947. The summed E-state index contributed by atoms with van der Waals surface area (Å²) in [4.78, 5) is 17.6. The van der Waals surface area contributed by atoms with Crippen molar-refractivity contribution >= 4 is 28.3 Å². The van der Waals surface area contributed by atoms with E-state index in [1.165, 1.54) is 0 Å². The average Bonchev–Trinajstić information content (AvgIpc) is 3.00. The normalized spacial score (nSPS) is 25.7. The van der Waals surface area contributed by atoms with E-state index in [1.54, 1.807) is 4.90 Å². The van der Waals surface area contributed by atoms with Gasteiger partial charge in [0.05, 0.1) is 24.7 Å². The SMILES string of the molecule is C[C@H]1COC2(CCN(c3nc(=O)c4c(s3)/C(=[N+](\[O-])O)CC(C(F)(F)F)=C4)CC2)O1. The number of aromatic nitrogens is 1. The Balaban J connectivity index is 1.67. The molecular weight excluding hydrogens is 415 g/mol. The standard InChI is InChI=1S/C17H18F3N3O5S/c1-9-8-27-16(28-9)2-4-22(5-3-16)15-21-14(24)11-6-10(17(18,19)20)7-12(23(25)26)13(11)29-15/h6,9H,2-5,7-8H2,1H3,(H,25,26)/t9-/m0/s1. The van der Waals surface area contributed by atoms with Gasteiger partial charge in [-0.3, -0.25) is 10.0 Å². The van der Waals surface area contributed by atoms with Crippen molar-refractivity contribution in [1.29, 1.82) is 0 Å². The molecule has 2 aliphatic heterocycles. The van der Waals surface area contributed by atoms with Crippen LogP contribution in [0, 0.1) is 5.21 Å². The highest BCUT2D eigenvalue weighted by molar-refractivity contribution is 7.17. The molecule has 1 aromatic rings. The third kappa shape index (κ3) is 3.71. The van der Waals surface area contributed by atoms with Crippen LogP contribution in [0.4, 0.5) is 18.3 Å². The van der Waals surface area contributed by atoms with Crippen LogP contribution >= 0.6 is 11.3 Å². The van der Waals surface area contributed by atoms with E-state index in [9.17, 15) is 28.4 Å². The molecule has 0 unspecified atom stereocenters. The van der Waals surface area contributed by atoms with Gasteiger partial charge in [0.15, 0.2) is 10.9 Å². The first-order valence-electron chi connectivity index (χ1n) is 9.00. The zero-order chi connectivity index (χ0) is 21.0. The van der Waals surface area contributed by atoms with Crippen molar-refractivity contribution < 1.29 is 32.8 Å². The Morgan fingerprint density at radius 1 is 1.41 bits per heavy atom. The zero-order valence-electron chi connectivity index (χ0n) is 15.4. The summed E-state index contributed by atoms with van der Waals surface area (Å²) in [5.74, 6) is -0.659. The molecule has 1 aromatic heterocycles. The van der Waals surface area contributed by atoms with E-state index in [-0.39, 0.29) is 21.7 Å². The molecule has 0 radical (unpaired) electrons. The third-order valence-electron chi connectivity index (χ3n) is 5.19. The van der Waals surface area contributed by atoms with Crippen molar-refractivity contribution in [1.82, 2.24) is 4.98 Å². The second-order valence-electron chi connectivity index (χ2n) is 7.25. The van der Waals surface area contributed by atoms with E-state index in [0.29, 0.717) is 38.6 Å². The molecule has 0 aromatic carbocycles. The van der Waals surface area contributed by atoms with Gasteiger partial charge in [-0.05, 0) is 13.0 Å². The second kappa shape index (κ2) is 6.96. The molecule has 3 aliphatic rings. The smallest absolute Gasteiger partial charge is 0.413 e. The van der Waals surface area contributed by atoms with Crippen LogP contribution in [0.1, 0.15) is 36.6 Å². The van der Waals surface area contributed by atoms with E-state index in [1.807, 2.05) is 6.92 Å². The van der Waals surface area contributed by atoms with Crippen molar-refractivity contribution in [2.24, 2.45) is 0 Å². The molecular formula is C17H18F3N3O5S. The summed E-state index contributed by atoms with van der Waals surface area (Å²) in [6, 6.07) is 0. The lowest BCUT2D eigenvalue weighted by Crippen LogP contribution is -2.46. The van der Waals surface area contributed by atoms with Crippen molar-refractivity contribution in [3.8, 4) is 0 Å². The molecule has 1 atom stereocenters. The number of piperidine rings is 1. The van der Waals surface area contributed by atoms with E-state index >= 15 is 0 Å². The van der Waals surface area contributed by atoms with Crippen LogP contribution in [0.5, 0.6) is 0 Å². The van der Waals surface area contributed by atoms with Gasteiger partial charge in [0, 0.05) is 36.4 Å². The molecule has 0 saturated carbocycles. The minimum absolute atomic E-state index is 0.00107. The molecule has 2 fully saturated rings. The van der Waals surface area contributed by atoms with Crippen molar-refractivity contribution in [2.75, 3.05) is 24.6 Å². The predicted octanol–water partition coefficient (Wildman–Crippen LogP) is 2.27. The first-order valence-corrected chi connectivity index (χ1v) is 9.82. The van der Waals surface area contributed by atoms with Crippen molar-refractivity contribution in [2.45, 2.75) is 44.3 Å². The number of hydrogen-bond acceptors (Lipinski definition) is 8. The van der Waals surface area contributed by atoms with Crippen LogP contribution in [-0.4, -0.2) is 58.6 Å². The molecule has 1 aliphatic carbocycles. The number of hydrogen-bond donors (Lipinski definition) is 1. The fraction of sp³-hybridized carbons (Fsp3) is 0.588. The Morgan fingerprint density at radius 3 is 2.66 bits per heavy atom. The molecule has 8 nitrogen and oxygen atoms in total. The fourth-order valence-corrected chi connectivity index (χ4v) is 4.86. The highest BCUT2D eigenvalue weighted by Crippen LogP contribution is 2.39. The maximum atomic E-state index is 13.1. The topological polar surface area (TPSA) is 98.0 Å². The number of allylic oxidation sites excluding steroid dienone is 1. The summed E-state index contributed by atoms with van der Waals surface area (Å²) in [5.41, 5.74) is -2.83. The van der Waals surface area contributed by atoms with Crippen molar-refractivity contribution in [3.05, 3.63) is 31.6 Å². The van der Waals surface area contributed by atoms with Crippen LogP contribution in [0.15, 0.2) is 10.4 Å². The van der Waals surface area contributed by atoms with Crippen LogP contribution in [0.2, 0.25) is 0 Å². The number of fused-ring (bicyclic) bond motifs is 1.